The molecular weight excluding hydrogens is 631 g/mol. The lowest BCUT2D eigenvalue weighted by Crippen LogP contribution is -2.38. The van der Waals surface area contributed by atoms with Gasteiger partial charge in [-0.3, -0.25) is 9.78 Å². The second-order valence-electron chi connectivity index (χ2n) is 12.2. The molecule has 0 spiro atoms. The van der Waals surface area contributed by atoms with Gasteiger partial charge in [0.05, 0.1) is 36.0 Å². The Bertz CT molecular complexity index is 2020. The molecule has 1 aliphatic heterocycles. The van der Waals surface area contributed by atoms with Gasteiger partial charge in [-0.05, 0) is 52.1 Å². The number of nitrogens with zero attached hydrogens (tertiary/aromatic N) is 2. The molecule has 1 aromatic heterocycles. The minimum absolute atomic E-state index is 0.00438. The van der Waals surface area contributed by atoms with Crippen LogP contribution in [0.25, 0.3) is 22.2 Å². The van der Waals surface area contributed by atoms with E-state index in [-0.39, 0.29) is 36.3 Å². The number of carbonyl (C=O) groups excluding carboxylic acids is 1. The number of aliphatic hydroxyl groups excluding tert-OH is 1. The van der Waals surface area contributed by atoms with Crippen molar-refractivity contribution in [3.63, 3.8) is 0 Å². The van der Waals surface area contributed by atoms with Crippen LogP contribution in [0.4, 0.5) is 0 Å². The Labute approximate surface area is 290 Å². The Morgan fingerprint density at radius 3 is 2.27 bits per heavy atom. The summed E-state index contributed by atoms with van der Waals surface area (Å²) in [5.41, 5.74) is 7.62. The molecule has 0 radical (unpaired) electrons. The molecule has 2 N–H and O–H groups in total. The first-order valence-corrected chi connectivity index (χ1v) is 17.4. The number of carbonyl (C=O) groups is 1. The van der Waals surface area contributed by atoms with Crippen LogP contribution in [0.3, 0.4) is 0 Å². The summed E-state index contributed by atoms with van der Waals surface area (Å²) in [5, 5.41) is 12.6. The van der Waals surface area contributed by atoms with Crippen molar-refractivity contribution < 1.29 is 19.4 Å². The third-order valence-electron chi connectivity index (χ3n) is 8.91. The van der Waals surface area contributed by atoms with Crippen molar-refractivity contribution in [1.82, 2.24) is 15.3 Å². The number of amides is 1. The summed E-state index contributed by atoms with van der Waals surface area (Å²) in [6.07, 6.45) is 0.733. The molecular formula is C41H37N3O4S. The van der Waals surface area contributed by atoms with E-state index in [0.29, 0.717) is 12.1 Å². The van der Waals surface area contributed by atoms with Gasteiger partial charge in [0.2, 0.25) is 0 Å². The van der Waals surface area contributed by atoms with E-state index in [0.717, 1.165) is 44.7 Å². The molecule has 246 valence electrons. The van der Waals surface area contributed by atoms with Crippen LogP contribution in [0.5, 0.6) is 0 Å². The summed E-state index contributed by atoms with van der Waals surface area (Å²) in [4.78, 5) is 23.1. The maximum atomic E-state index is 13.0. The summed E-state index contributed by atoms with van der Waals surface area (Å²) in [6.45, 7) is 2.53. The Morgan fingerprint density at radius 1 is 0.796 bits per heavy atom. The van der Waals surface area contributed by atoms with E-state index in [2.05, 4.69) is 76.8 Å². The fourth-order valence-electron chi connectivity index (χ4n) is 6.11. The zero-order valence-corrected chi connectivity index (χ0v) is 27.9. The van der Waals surface area contributed by atoms with Crippen LogP contribution in [-0.2, 0) is 22.6 Å². The topological polar surface area (TPSA) is 93.6 Å². The van der Waals surface area contributed by atoms with Crippen LogP contribution in [0.15, 0.2) is 138 Å². The molecule has 7 nitrogen and oxygen atoms in total. The molecule has 1 amide bonds. The zero-order valence-electron chi connectivity index (χ0n) is 27.1. The van der Waals surface area contributed by atoms with E-state index in [1.165, 1.54) is 11.1 Å². The molecule has 8 heteroatoms. The lowest BCUT2D eigenvalue weighted by molar-refractivity contribution is -0.268. The highest BCUT2D eigenvalue weighted by atomic mass is 32.2. The van der Waals surface area contributed by atoms with E-state index in [1.807, 2.05) is 72.8 Å². The van der Waals surface area contributed by atoms with Gasteiger partial charge in [0, 0.05) is 28.7 Å². The lowest BCUT2D eigenvalue weighted by atomic mass is 9.91. The average molecular weight is 668 g/mol. The van der Waals surface area contributed by atoms with Crippen molar-refractivity contribution >= 4 is 28.7 Å². The van der Waals surface area contributed by atoms with Crippen molar-refractivity contribution in [2.24, 2.45) is 5.92 Å². The first-order valence-electron chi connectivity index (χ1n) is 16.4. The highest BCUT2D eigenvalue weighted by Gasteiger charge is 2.38. The smallest absolute Gasteiger partial charge is 0.271 e. The van der Waals surface area contributed by atoms with Gasteiger partial charge in [-0.1, -0.05) is 110 Å². The minimum atomic E-state index is -0.549. The Kier molecular flexibility index (Phi) is 10.1. The number of benzene rings is 5. The highest BCUT2D eigenvalue weighted by molar-refractivity contribution is 7.99. The van der Waals surface area contributed by atoms with Crippen molar-refractivity contribution in [1.29, 1.82) is 0 Å². The van der Waals surface area contributed by atoms with Crippen LogP contribution in [0, 0.1) is 5.92 Å². The first kappa shape index (κ1) is 32.7. The van der Waals surface area contributed by atoms with Crippen molar-refractivity contribution in [2.75, 3.05) is 5.75 Å². The Hall–Kier alpha value is -4.86. The summed E-state index contributed by atoms with van der Waals surface area (Å²) in [5.74, 6) is 0.622. The van der Waals surface area contributed by atoms with Gasteiger partial charge in [-0.25, -0.2) is 4.98 Å². The SMILES string of the molecule is CC1C(CSc2ccccc2)OC(c2ccc(-c3ccccc3CNC(=O)c3cnc4ccccc4n3)cc2)OC1c1ccc(CO)cc1. The van der Waals surface area contributed by atoms with Gasteiger partial charge in [0.25, 0.3) is 5.91 Å². The lowest BCUT2D eigenvalue weighted by Gasteiger charge is -2.41. The molecule has 0 aliphatic carbocycles. The van der Waals surface area contributed by atoms with Crippen LogP contribution in [0.1, 0.15) is 52.1 Å². The number of aromatic nitrogens is 2. The molecule has 0 bridgehead atoms. The normalized spacial score (nSPS) is 19.1. The molecule has 6 aromatic rings. The number of hydrogen-bond donors (Lipinski definition) is 2. The van der Waals surface area contributed by atoms with Crippen LogP contribution >= 0.6 is 11.8 Å². The molecule has 5 aromatic carbocycles. The van der Waals surface area contributed by atoms with E-state index in [9.17, 15) is 9.90 Å². The van der Waals surface area contributed by atoms with Crippen molar-refractivity contribution in [3.8, 4) is 11.1 Å². The molecule has 4 atom stereocenters. The molecule has 1 aliphatic rings. The average Bonchev–Trinajstić information content (AvgIpc) is 3.17. The van der Waals surface area contributed by atoms with Crippen LogP contribution in [0.2, 0.25) is 0 Å². The van der Waals surface area contributed by atoms with Gasteiger partial charge in [-0.15, -0.1) is 11.8 Å². The zero-order chi connectivity index (χ0) is 33.6. The third-order valence-corrected chi connectivity index (χ3v) is 10.0. The van der Waals surface area contributed by atoms with E-state index < -0.39 is 6.29 Å². The van der Waals surface area contributed by atoms with E-state index in [4.69, 9.17) is 9.47 Å². The predicted molar refractivity (Wildman–Crippen MR) is 193 cm³/mol. The number of hydrogen-bond acceptors (Lipinski definition) is 7. The maximum absolute atomic E-state index is 13.0. The third kappa shape index (κ3) is 7.58. The molecule has 2 heterocycles. The first-order chi connectivity index (χ1) is 24.1. The quantitative estimate of drug-likeness (QED) is 0.142. The maximum Gasteiger partial charge on any atom is 0.271 e. The van der Waals surface area contributed by atoms with Crippen LogP contribution in [-0.4, -0.2) is 32.8 Å². The van der Waals surface area contributed by atoms with Gasteiger partial charge in [0.15, 0.2) is 6.29 Å². The van der Waals surface area contributed by atoms with Gasteiger partial charge >= 0.3 is 0 Å². The Morgan fingerprint density at radius 2 is 1.49 bits per heavy atom. The summed E-state index contributed by atoms with van der Waals surface area (Å²) in [7, 11) is 0. The molecule has 0 saturated carbocycles. The van der Waals surface area contributed by atoms with E-state index >= 15 is 0 Å². The summed E-state index contributed by atoms with van der Waals surface area (Å²) < 4.78 is 13.3. The monoisotopic (exact) mass is 667 g/mol. The van der Waals surface area contributed by atoms with Gasteiger partial charge in [-0.2, -0.15) is 0 Å². The number of thioether (sulfide) groups is 1. The second-order valence-corrected chi connectivity index (χ2v) is 13.2. The fourth-order valence-corrected chi connectivity index (χ4v) is 7.20. The van der Waals surface area contributed by atoms with Crippen molar-refractivity contribution in [3.05, 3.63) is 162 Å². The number of rotatable bonds is 10. The molecule has 1 saturated heterocycles. The van der Waals surface area contributed by atoms with Crippen LogP contribution < -0.4 is 5.32 Å². The molecule has 1 fully saturated rings. The number of ether oxygens (including phenoxy) is 2. The fraction of sp³-hybridized carbons (Fsp3) is 0.195. The minimum Gasteiger partial charge on any atom is -0.392 e. The summed E-state index contributed by atoms with van der Waals surface area (Å²) >= 11 is 1.79. The molecule has 4 unspecified atom stereocenters. The largest absolute Gasteiger partial charge is 0.392 e. The number of aliphatic hydroxyl groups is 1. The van der Waals surface area contributed by atoms with Gasteiger partial charge < -0.3 is 19.9 Å². The van der Waals surface area contributed by atoms with Gasteiger partial charge in [0.1, 0.15) is 5.69 Å². The summed E-state index contributed by atoms with van der Waals surface area (Å²) in [6, 6.07) is 42.2. The molecule has 49 heavy (non-hydrogen) atoms. The highest BCUT2D eigenvalue weighted by Crippen LogP contribution is 2.43. The van der Waals surface area contributed by atoms with Crippen molar-refractivity contribution in [2.45, 2.75) is 43.5 Å². The standard InChI is InChI=1S/C41H37N3O4S/c1-27-38(26-49-33-10-3-2-4-11-33)47-41(48-39(27)30-17-15-28(25-45)16-18-30)31-21-19-29(20-22-31)34-12-6-5-9-32(34)23-43-40(46)37-24-42-35-13-7-8-14-36(35)44-37/h2-22,24,27,38-39,41,45H,23,25-26H2,1H3,(H,43,46). The van der Waals surface area contributed by atoms with E-state index in [1.54, 1.807) is 11.8 Å². The predicted octanol–water partition coefficient (Wildman–Crippen LogP) is 8.30. The molecule has 7 rings (SSSR count). The second kappa shape index (κ2) is 15.1. The Balaban J connectivity index is 1.08. The number of nitrogens with one attached hydrogen (secondary N) is 1. The number of fused-ring (bicyclic) bond motifs is 1. The number of para-hydroxylation sites is 2.